The lowest BCUT2D eigenvalue weighted by Gasteiger charge is -2.11. The van der Waals surface area contributed by atoms with Gasteiger partial charge in [0.2, 0.25) is 22.2 Å². The van der Waals surface area contributed by atoms with Gasteiger partial charge in [0.05, 0.1) is 28.8 Å². The molecule has 0 fully saturated rings. The second-order valence-electron chi connectivity index (χ2n) is 8.91. The number of esters is 1. The van der Waals surface area contributed by atoms with Gasteiger partial charge in [-0.15, -0.1) is 0 Å². The highest BCUT2D eigenvalue weighted by atomic mass is 79.9. The summed E-state index contributed by atoms with van der Waals surface area (Å²) in [6.07, 6.45) is 3.10. The Bertz CT molecular complexity index is 2180. The number of hydrogen-bond donors (Lipinski definition) is 1. The molecule has 0 aliphatic heterocycles. The first-order chi connectivity index (χ1) is 21.2. The molecule has 14 heteroatoms. The number of carboxylic acid groups (broad SMARTS) is 1. The van der Waals surface area contributed by atoms with Gasteiger partial charge in [-0.25, -0.2) is 28.9 Å². The minimum absolute atomic E-state index is 0.169. The Kier molecular flexibility index (Phi) is 9.01. The number of aromatic carboxylic acids is 1. The molecule has 0 unspecified atom stereocenters. The lowest BCUT2D eigenvalue weighted by Crippen LogP contribution is -2.24. The summed E-state index contributed by atoms with van der Waals surface area (Å²) < 4.78 is 9.40. The van der Waals surface area contributed by atoms with E-state index in [9.17, 15) is 19.2 Å². The van der Waals surface area contributed by atoms with Crippen molar-refractivity contribution in [3.63, 3.8) is 0 Å². The van der Waals surface area contributed by atoms with Crippen LogP contribution in [0, 0.1) is 0 Å². The topological polar surface area (TPSA) is 159 Å². The number of carbonyl (C=O) groups excluding carboxylic acids is 1. The Morgan fingerprint density at radius 3 is 1.68 bits per heavy atom. The molecule has 6 aromatic rings. The number of hydrogen-bond acceptors (Lipinski definition) is 9. The second-order valence-corrected chi connectivity index (χ2v) is 10.7. The molecule has 0 amide bonds. The van der Waals surface area contributed by atoms with Crippen LogP contribution in [0.2, 0.25) is 0 Å². The second kappa shape index (κ2) is 13.1. The van der Waals surface area contributed by atoms with Gasteiger partial charge in [-0.1, -0.05) is 44.0 Å². The van der Waals surface area contributed by atoms with Crippen molar-refractivity contribution in [2.24, 2.45) is 0 Å². The van der Waals surface area contributed by atoms with E-state index in [1.54, 1.807) is 49.5 Å². The maximum absolute atomic E-state index is 12.5. The smallest absolute Gasteiger partial charge is 0.362 e. The van der Waals surface area contributed by atoms with Crippen LogP contribution in [0.4, 0.5) is 0 Å². The van der Waals surface area contributed by atoms with E-state index >= 15 is 0 Å². The number of ether oxygens (including phenoxy) is 1. The van der Waals surface area contributed by atoms with Crippen LogP contribution in [0.1, 0.15) is 27.9 Å². The van der Waals surface area contributed by atoms with Gasteiger partial charge in [-0.05, 0) is 67.6 Å². The minimum atomic E-state index is -1.37. The molecular weight excluding hydrogens is 700 g/mol. The SMILES string of the molecule is CCOC(=O)c1nn(-c2cccc(Br)c2)c2ncccc2c1=O.O=C(O)c1nn(-c2cccc(Br)c2)c2ncccc2c1=O. The van der Waals surface area contributed by atoms with Gasteiger partial charge in [-0.3, -0.25) is 9.59 Å². The summed E-state index contributed by atoms with van der Waals surface area (Å²) in [6, 6.07) is 20.8. The van der Waals surface area contributed by atoms with Crippen LogP contribution < -0.4 is 10.9 Å². The number of rotatable bonds is 5. The summed E-state index contributed by atoms with van der Waals surface area (Å²) >= 11 is 6.74. The van der Waals surface area contributed by atoms with E-state index in [0.717, 1.165) is 8.95 Å². The maximum Gasteiger partial charge on any atom is 0.362 e. The van der Waals surface area contributed by atoms with Crippen LogP contribution in [0.3, 0.4) is 0 Å². The third-order valence-corrected chi connectivity index (χ3v) is 7.06. The molecule has 44 heavy (non-hydrogen) atoms. The molecule has 0 aliphatic rings. The number of fused-ring (bicyclic) bond motifs is 2. The molecule has 2 aromatic carbocycles. The fraction of sp³-hybridized carbons (Fsp3) is 0.0667. The number of carboxylic acids is 1. The minimum Gasteiger partial charge on any atom is -0.476 e. The summed E-state index contributed by atoms with van der Waals surface area (Å²) in [4.78, 5) is 56.2. The van der Waals surface area contributed by atoms with Crippen LogP contribution in [-0.2, 0) is 4.74 Å². The lowest BCUT2D eigenvalue weighted by atomic mass is 10.2. The predicted molar refractivity (Wildman–Crippen MR) is 169 cm³/mol. The number of nitrogens with zero attached hydrogens (tertiary/aromatic N) is 6. The van der Waals surface area contributed by atoms with Gasteiger partial charge < -0.3 is 9.84 Å². The van der Waals surface area contributed by atoms with Crippen LogP contribution >= 0.6 is 31.9 Å². The molecule has 4 aromatic heterocycles. The largest absolute Gasteiger partial charge is 0.476 e. The predicted octanol–water partition coefficient (Wildman–Crippen LogP) is 4.96. The molecule has 0 saturated carbocycles. The molecule has 1 N–H and O–H groups in total. The van der Waals surface area contributed by atoms with Gasteiger partial charge in [0, 0.05) is 21.3 Å². The van der Waals surface area contributed by atoms with Crippen molar-refractivity contribution in [3.05, 3.63) is 126 Å². The summed E-state index contributed by atoms with van der Waals surface area (Å²) in [7, 11) is 0. The Hall–Kier alpha value is -5.08. The van der Waals surface area contributed by atoms with Gasteiger partial charge in [0.15, 0.2) is 11.3 Å². The third-order valence-electron chi connectivity index (χ3n) is 6.07. The fourth-order valence-corrected chi connectivity index (χ4v) is 4.95. The van der Waals surface area contributed by atoms with E-state index in [2.05, 4.69) is 52.0 Å². The zero-order valence-corrected chi connectivity index (χ0v) is 25.9. The van der Waals surface area contributed by atoms with Crippen molar-refractivity contribution in [2.75, 3.05) is 6.61 Å². The van der Waals surface area contributed by atoms with Crippen LogP contribution in [0.5, 0.6) is 0 Å². The first-order valence-corrected chi connectivity index (χ1v) is 14.5. The summed E-state index contributed by atoms with van der Waals surface area (Å²) in [5.41, 5.74) is 0.0518. The number of aromatic nitrogens is 6. The zero-order valence-electron chi connectivity index (χ0n) is 22.7. The van der Waals surface area contributed by atoms with Gasteiger partial charge in [0.25, 0.3) is 0 Å². The Labute approximate surface area is 264 Å². The number of pyridine rings is 2. The van der Waals surface area contributed by atoms with Crippen LogP contribution in [0.25, 0.3) is 33.4 Å². The first kappa shape index (κ1) is 30.4. The number of benzene rings is 2. The van der Waals surface area contributed by atoms with E-state index in [1.807, 2.05) is 30.3 Å². The quantitative estimate of drug-likeness (QED) is 0.241. The molecular formula is C30H20Br2N6O6. The number of carbonyl (C=O) groups is 2. The molecule has 0 bridgehead atoms. The normalized spacial score (nSPS) is 10.7. The average molecular weight is 720 g/mol. The van der Waals surface area contributed by atoms with E-state index < -0.39 is 28.5 Å². The lowest BCUT2D eigenvalue weighted by molar-refractivity contribution is 0.0515. The van der Waals surface area contributed by atoms with Crippen molar-refractivity contribution < 1.29 is 19.4 Å². The molecule has 0 atom stereocenters. The van der Waals surface area contributed by atoms with Crippen molar-refractivity contribution in [3.8, 4) is 11.4 Å². The van der Waals surface area contributed by atoms with E-state index in [1.165, 1.54) is 21.6 Å². The summed E-state index contributed by atoms with van der Waals surface area (Å²) in [6.45, 7) is 1.84. The molecule has 4 heterocycles. The number of halogens is 2. The summed E-state index contributed by atoms with van der Waals surface area (Å²) in [5.74, 6) is -2.11. The molecule has 0 aliphatic carbocycles. The highest BCUT2D eigenvalue weighted by molar-refractivity contribution is 9.10. The summed E-state index contributed by atoms with van der Waals surface area (Å²) in [5, 5.41) is 17.8. The van der Waals surface area contributed by atoms with Crippen LogP contribution in [-0.4, -0.2) is 53.2 Å². The highest BCUT2D eigenvalue weighted by Gasteiger charge is 2.20. The van der Waals surface area contributed by atoms with E-state index in [4.69, 9.17) is 9.84 Å². The molecule has 220 valence electrons. The van der Waals surface area contributed by atoms with Crippen molar-refractivity contribution in [2.45, 2.75) is 6.92 Å². The van der Waals surface area contributed by atoms with Gasteiger partial charge in [0.1, 0.15) is 0 Å². The Balaban J connectivity index is 0.000000175. The van der Waals surface area contributed by atoms with E-state index in [0.29, 0.717) is 28.1 Å². The molecule has 12 nitrogen and oxygen atoms in total. The van der Waals surface area contributed by atoms with Crippen molar-refractivity contribution in [1.82, 2.24) is 29.5 Å². The molecule has 0 saturated heterocycles. The zero-order chi connectivity index (χ0) is 31.4. The maximum atomic E-state index is 12.5. The van der Waals surface area contributed by atoms with Crippen molar-refractivity contribution >= 4 is 65.9 Å². The van der Waals surface area contributed by atoms with Crippen LogP contribution in [0.15, 0.2) is 104 Å². The molecule has 0 radical (unpaired) electrons. The van der Waals surface area contributed by atoms with E-state index in [-0.39, 0.29) is 17.7 Å². The standard InChI is InChI=1S/C16H12BrN3O3.C14H8BrN3O3/c1-2-23-16(22)13-14(21)12-7-4-8-18-15(12)20(19-13)11-6-3-5-10(17)9-11;15-8-3-1-4-9(7-8)18-13-10(5-2-6-16-13)12(19)11(17-18)14(20)21/h3-9H,2H2,1H3;1-7H,(H,20,21). The average Bonchev–Trinajstić information content (AvgIpc) is 3.02. The van der Waals surface area contributed by atoms with Crippen molar-refractivity contribution in [1.29, 1.82) is 0 Å². The Morgan fingerprint density at radius 1 is 0.750 bits per heavy atom. The fourth-order valence-electron chi connectivity index (χ4n) is 4.18. The molecule has 0 spiro atoms. The molecule has 6 rings (SSSR count). The Morgan fingerprint density at radius 2 is 1.23 bits per heavy atom. The first-order valence-electron chi connectivity index (χ1n) is 12.9. The third kappa shape index (κ3) is 6.16. The monoisotopic (exact) mass is 718 g/mol. The highest BCUT2D eigenvalue weighted by Crippen LogP contribution is 2.19. The van der Waals surface area contributed by atoms with Gasteiger partial charge >= 0.3 is 11.9 Å². The van der Waals surface area contributed by atoms with Gasteiger partial charge in [-0.2, -0.15) is 10.2 Å².